The fourth-order valence-electron chi connectivity index (χ4n) is 2.41. The van der Waals surface area contributed by atoms with Crippen LogP contribution in [0.1, 0.15) is 15.2 Å². The Bertz CT molecular complexity index is 1030. The number of thiophene rings is 1. The molecule has 0 fully saturated rings. The molecule has 6 nitrogen and oxygen atoms in total. The van der Waals surface area contributed by atoms with Gasteiger partial charge in [0.2, 0.25) is 11.8 Å². The van der Waals surface area contributed by atoms with Crippen LogP contribution in [0, 0.1) is 0 Å². The third-order valence-corrected chi connectivity index (χ3v) is 4.71. The number of halogens is 1. The molecule has 4 aromatic rings. The van der Waals surface area contributed by atoms with Crippen LogP contribution in [0.3, 0.4) is 0 Å². The quantitative estimate of drug-likeness (QED) is 0.546. The highest BCUT2D eigenvalue weighted by atomic mass is 35.5. The second-order valence-corrected chi connectivity index (χ2v) is 6.80. The van der Waals surface area contributed by atoms with Gasteiger partial charge in [-0.2, -0.15) is 9.67 Å². The summed E-state index contributed by atoms with van der Waals surface area (Å²) in [5.41, 5.74) is 0.968. The molecule has 0 aliphatic carbocycles. The summed E-state index contributed by atoms with van der Waals surface area (Å²) in [6.45, 7) is 0.453. The fourth-order valence-corrected chi connectivity index (χ4v) is 3.27. The number of aromatic nitrogens is 3. The van der Waals surface area contributed by atoms with E-state index in [0.717, 1.165) is 5.56 Å². The van der Waals surface area contributed by atoms with Crippen LogP contribution in [0.25, 0.3) is 11.6 Å². The molecule has 1 aromatic carbocycles. The summed E-state index contributed by atoms with van der Waals surface area (Å²) in [5.74, 6) is 0.927. The fraction of sp³-hybridized carbons (Fsp3) is 0.0556. The number of hydrogen-bond acceptors (Lipinski definition) is 6. The Balaban J connectivity index is 1.66. The number of rotatable bonds is 5. The lowest BCUT2D eigenvalue weighted by atomic mass is 10.2. The molecule has 130 valence electrons. The van der Waals surface area contributed by atoms with E-state index in [1.807, 2.05) is 35.7 Å². The highest BCUT2D eigenvalue weighted by molar-refractivity contribution is 7.12. The molecule has 0 radical (unpaired) electrons. The van der Waals surface area contributed by atoms with Crippen molar-refractivity contribution in [2.24, 2.45) is 0 Å². The summed E-state index contributed by atoms with van der Waals surface area (Å²) >= 11 is 7.37. The predicted octanol–water partition coefficient (Wildman–Crippen LogP) is 4.55. The predicted molar refractivity (Wildman–Crippen MR) is 101 cm³/mol. The maximum atomic E-state index is 12.8. The van der Waals surface area contributed by atoms with Crippen molar-refractivity contribution in [3.8, 4) is 11.6 Å². The van der Waals surface area contributed by atoms with E-state index in [1.165, 1.54) is 22.3 Å². The van der Waals surface area contributed by atoms with Gasteiger partial charge in [-0.1, -0.05) is 29.8 Å². The van der Waals surface area contributed by atoms with Gasteiger partial charge in [-0.15, -0.1) is 16.4 Å². The van der Waals surface area contributed by atoms with Crippen molar-refractivity contribution >= 4 is 34.8 Å². The number of nitrogens with zero attached hydrogens (tertiary/aromatic N) is 3. The number of benzene rings is 1. The van der Waals surface area contributed by atoms with Crippen LogP contribution in [0.15, 0.2) is 64.6 Å². The lowest BCUT2D eigenvalue weighted by Crippen LogP contribution is -2.16. The first-order valence-electron chi connectivity index (χ1n) is 7.78. The molecule has 3 aromatic heterocycles. The van der Waals surface area contributed by atoms with E-state index in [0.29, 0.717) is 34.0 Å². The van der Waals surface area contributed by atoms with Crippen LogP contribution in [-0.4, -0.2) is 20.7 Å². The van der Waals surface area contributed by atoms with Crippen molar-refractivity contribution < 1.29 is 9.21 Å². The van der Waals surface area contributed by atoms with Crippen LogP contribution in [0.2, 0.25) is 5.02 Å². The molecular formula is C18H13ClN4O2S. The molecule has 0 saturated carbocycles. The molecule has 1 N–H and O–H groups in total. The van der Waals surface area contributed by atoms with Gasteiger partial charge in [0.05, 0.1) is 11.1 Å². The van der Waals surface area contributed by atoms with E-state index < -0.39 is 0 Å². The average molecular weight is 385 g/mol. The van der Waals surface area contributed by atoms with Crippen molar-refractivity contribution in [1.29, 1.82) is 0 Å². The molecule has 0 atom stereocenters. The molecule has 0 spiro atoms. The van der Waals surface area contributed by atoms with Crippen molar-refractivity contribution in [2.45, 2.75) is 6.54 Å². The first kappa shape index (κ1) is 16.6. The Morgan fingerprint density at radius 2 is 2.15 bits per heavy atom. The van der Waals surface area contributed by atoms with Crippen LogP contribution in [-0.2, 0) is 6.54 Å². The van der Waals surface area contributed by atoms with Crippen molar-refractivity contribution in [3.05, 3.63) is 75.6 Å². The summed E-state index contributed by atoms with van der Waals surface area (Å²) in [6.07, 6.45) is 1.54. The summed E-state index contributed by atoms with van der Waals surface area (Å²) in [5, 5.41) is 9.97. The van der Waals surface area contributed by atoms with Gasteiger partial charge >= 0.3 is 0 Å². The number of carbonyl (C=O) groups excluding carboxylic acids is 1. The minimum Gasteiger partial charge on any atom is -0.461 e. The van der Waals surface area contributed by atoms with Crippen LogP contribution < -0.4 is 5.32 Å². The van der Waals surface area contributed by atoms with Crippen molar-refractivity contribution in [1.82, 2.24) is 14.8 Å². The zero-order valence-corrected chi connectivity index (χ0v) is 15.0. The van der Waals surface area contributed by atoms with Crippen molar-refractivity contribution in [3.63, 3.8) is 0 Å². The summed E-state index contributed by atoms with van der Waals surface area (Å²) in [7, 11) is 0. The standard InChI is InChI=1S/C18H13ClN4O2S/c19-13-5-1-4-12(10-13)11-20-18-21-16(14-6-2-8-25-14)22-23(18)17(24)15-7-3-9-26-15/h1-10H,11H2,(H,20,21,22). The Hall–Kier alpha value is -2.90. The number of carbonyl (C=O) groups is 1. The minimum absolute atomic E-state index is 0.251. The van der Waals surface area contributed by atoms with E-state index in [-0.39, 0.29) is 5.91 Å². The first-order chi connectivity index (χ1) is 12.7. The zero-order valence-electron chi connectivity index (χ0n) is 13.4. The maximum Gasteiger partial charge on any atom is 0.291 e. The van der Waals surface area contributed by atoms with Crippen LogP contribution in [0.5, 0.6) is 0 Å². The van der Waals surface area contributed by atoms with Gasteiger partial charge in [0, 0.05) is 11.6 Å². The molecular weight excluding hydrogens is 372 g/mol. The van der Waals surface area contributed by atoms with Gasteiger partial charge in [0.1, 0.15) is 0 Å². The Kier molecular flexibility index (Phi) is 4.55. The molecule has 0 aliphatic heterocycles. The Labute approximate surface area is 158 Å². The van der Waals surface area contributed by atoms with E-state index in [2.05, 4.69) is 15.4 Å². The highest BCUT2D eigenvalue weighted by Gasteiger charge is 2.20. The maximum absolute atomic E-state index is 12.8. The topological polar surface area (TPSA) is 73.0 Å². The largest absolute Gasteiger partial charge is 0.461 e. The van der Waals surface area contributed by atoms with Crippen molar-refractivity contribution in [2.75, 3.05) is 5.32 Å². The third kappa shape index (κ3) is 3.40. The van der Waals surface area contributed by atoms with E-state index in [9.17, 15) is 4.79 Å². The lowest BCUT2D eigenvalue weighted by Gasteiger charge is -2.06. The van der Waals surface area contributed by atoms with E-state index >= 15 is 0 Å². The van der Waals surface area contributed by atoms with Crippen LogP contribution in [0.4, 0.5) is 5.95 Å². The molecule has 0 amide bonds. The molecule has 0 bridgehead atoms. The Morgan fingerprint density at radius 3 is 2.88 bits per heavy atom. The second kappa shape index (κ2) is 7.15. The average Bonchev–Trinajstić information content (AvgIpc) is 3.40. The van der Waals surface area contributed by atoms with E-state index in [4.69, 9.17) is 16.0 Å². The summed E-state index contributed by atoms with van der Waals surface area (Å²) < 4.78 is 6.60. The van der Waals surface area contributed by atoms with Gasteiger partial charge in [-0.3, -0.25) is 4.79 Å². The molecule has 4 rings (SSSR count). The number of anilines is 1. The lowest BCUT2D eigenvalue weighted by molar-refractivity contribution is 0.0951. The molecule has 0 saturated heterocycles. The normalized spacial score (nSPS) is 10.8. The second-order valence-electron chi connectivity index (χ2n) is 5.41. The van der Waals surface area contributed by atoms with E-state index in [1.54, 1.807) is 18.2 Å². The van der Waals surface area contributed by atoms with Crippen LogP contribution >= 0.6 is 22.9 Å². The highest BCUT2D eigenvalue weighted by Crippen LogP contribution is 2.21. The summed E-state index contributed by atoms with van der Waals surface area (Å²) in [4.78, 5) is 17.8. The van der Waals surface area contributed by atoms with Gasteiger partial charge in [0.15, 0.2) is 5.76 Å². The first-order valence-corrected chi connectivity index (χ1v) is 9.04. The SMILES string of the molecule is O=C(c1cccs1)n1nc(-c2ccco2)nc1NCc1cccc(Cl)c1. The van der Waals surface area contributed by atoms with Gasteiger partial charge in [-0.25, -0.2) is 0 Å². The molecule has 8 heteroatoms. The summed E-state index contributed by atoms with van der Waals surface area (Å²) in [6, 6.07) is 14.5. The number of hydrogen-bond donors (Lipinski definition) is 1. The number of furan rings is 1. The molecule has 3 heterocycles. The van der Waals surface area contributed by atoms with Gasteiger partial charge < -0.3 is 9.73 Å². The monoisotopic (exact) mass is 384 g/mol. The third-order valence-electron chi connectivity index (χ3n) is 3.61. The smallest absolute Gasteiger partial charge is 0.291 e. The Morgan fingerprint density at radius 1 is 1.23 bits per heavy atom. The van der Waals surface area contributed by atoms with Gasteiger partial charge in [0.25, 0.3) is 5.91 Å². The number of nitrogens with one attached hydrogen (secondary N) is 1. The molecule has 0 aliphatic rings. The van der Waals surface area contributed by atoms with Gasteiger partial charge in [-0.05, 0) is 41.3 Å². The molecule has 26 heavy (non-hydrogen) atoms. The minimum atomic E-state index is -0.251. The zero-order chi connectivity index (χ0) is 17.9. The molecule has 0 unspecified atom stereocenters.